The Balaban J connectivity index is 2.54. The van der Waals surface area contributed by atoms with Crippen molar-refractivity contribution in [2.24, 2.45) is 5.73 Å². The number of nitrogens with two attached hydrogens (primary N) is 1. The monoisotopic (exact) mass is 182 g/mol. The van der Waals surface area contributed by atoms with Crippen LogP contribution in [0.15, 0.2) is 0 Å². The average molecular weight is 182 g/mol. The average Bonchev–Trinajstić information content (AvgIpc) is 1.78. The van der Waals surface area contributed by atoms with E-state index in [4.69, 9.17) is 5.73 Å². The van der Waals surface area contributed by atoms with E-state index >= 15 is 0 Å². The number of halogens is 1. The predicted molar refractivity (Wildman–Crippen MR) is 39.3 cm³/mol. The van der Waals surface area contributed by atoms with Crippen LogP contribution < -0.4 is 5.73 Å². The maximum atomic E-state index is 13.0. The second-order valence-electron chi connectivity index (χ2n) is 2.89. The number of sulfonamides is 1. The number of hydrogen-bond donors (Lipinski definition) is 1. The Morgan fingerprint density at radius 1 is 1.64 bits per heavy atom. The van der Waals surface area contributed by atoms with Crippen molar-refractivity contribution in [2.45, 2.75) is 5.67 Å². The SMILES string of the molecule is CS(=O)(=O)N1CC(F)(CN)C1. The summed E-state index contributed by atoms with van der Waals surface area (Å²) < 4.78 is 35.5. The van der Waals surface area contributed by atoms with Crippen molar-refractivity contribution in [3.63, 3.8) is 0 Å². The van der Waals surface area contributed by atoms with Crippen molar-refractivity contribution in [1.82, 2.24) is 4.31 Å². The fourth-order valence-electron chi connectivity index (χ4n) is 0.949. The van der Waals surface area contributed by atoms with Crippen molar-refractivity contribution < 1.29 is 12.8 Å². The fourth-order valence-corrected chi connectivity index (χ4v) is 1.88. The van der Waals surface area contributed by atoms with Crippen LogP contribution in [0.4, 0.5) is 4.39 Å². The van der Waals surface area contributed by atoms with Crippen molar-refractivity contribution in [1.29, 1.82) is 0 Å². The molecule has 1 aliphatic heterocycles. The molecule has 0 aromatic rings. The van der Waals surface area contributed by atoms with Gasteiger partial charge in [0.2, 0.25) is 10.0 Å². The van der Waals surface area contributed by atoms with E-state index in [2.05, 4.69) is 0 Å². The largest absolute Gasteiger partial charge is 0.327 e. The molecule has 1 fully saturated rings. The van der Waals surface area contributed by atoms with Gasteiger partial charge in [0.1, 0.15) is 0 Å². The van der Waals surface area contributed by atoms with Crippen LogP contribution in [0.5, 0.6) is 0 Å². The van der Waals surface area contributed by atoms with Gasteiger partial charge in [-0.3, -0.25) is 0 Å². The summed E-state index contributed by atoms with van der Waals surface area (Å²) in [5, 5.41) is 0. The van der Waals surface area contributed by atoms with Gasteiger partial charge in [0.05, 0.1) is 19.3 Å². The lowest BCUT2D eigenvalue weighted by Crippen LogP contribution is -2.63. The van der Waals surface area contributed by atoms with Crippen molar-refractivity contribution in [3.8, 4) is 0 Å². The van der Waals surface area contributed by atoms with Gasteiger partial charge in [0.15, 0.2) is 5.67 Å². The van der Waals surface area contributed by atoms with Crippen LogP contribution in [0, 0.1) is 0 Å². The Morgan fingerprint density at radius 2 is 2.09 bits per heavy atom. The molecule has 11 heavy (non-hydrogen) atoms. The highest BCUT2D eigenvalue weighted by Gasteiger charge is 2.46. The third-order valence-electron chi connectivity index (χ3n) is 1.75. The van der Waals surface area contributed by atoms with E-state index in [1.54, 1.807) is 0 Å². The number of alkyl halides is 1. The van der Waals surface area contributed by atoms with Crippen LogP contribution in [-0.4, -0.2) is 44.3 Å². The van der Waals surface area contributed by atoms with Crippen LogP contribution in [0.2, 0.25) is 0 Å². The molecule has 6 heteroatoms. The van der Waals surface area contributed by atoms with E-state index in [9.17, 15) is 12.8 Å². The standard InChI is InChI=1S/C5H11FN2O2S/c1-11(9,10)8-3-5(6,2-7)4-8/h2-4,7H2,1H3. The van der Waals surface area contributed by atoms with E-state index in [1.165, 1.54) is 0 Å². The van der Waals surface area contributed by atoms with Crippen molar-refractivity contribution in [3.05, 3.63) is 0 Å². The molecule has 0 aromatic heterocycles. The summed E-state index contributed by atoms with van der Waals surface area (Å²) in [6, 6.07) is 0. The van der Waals surface area contributed by atoms with E-state index in [-0.39, 0.29) is 19.6 Å². The topological polar surface area (TPSA) is 63.4 Å². The van der Waals surface area contributed by atoms with Gasteiger partial charge in [-0.15, -0.1) is 0 Å². The van der Waals surface area contributed by atoms with E-state index in [1.807, 2.05) is 0 Å². The van der Waals surface area contributed by atoms with Crippen LogP contribution >= 0.6 is 0 Å². The molecule has 0 bridgehead atoms. The van der Waals surface area contributed by atoms with Gasteiger partial charge in [-0.05, 0) is 0 Å². The van der Waals surface area contributed by atoms with Crippen molar-refractivity contribution >= 4 is 10.0 Å². The summed E-state index contributed by atoms with van der Waals surface area (Å²) in [6.45, 7) is -0.302. The molecule has 1 rings (SSSR count). The van der Waals surface area contributed by atoms with Crippen LogP contribution in [-0.2, 0) is 10.0 Å². The van der Waals surface area contributed by atoms with Crippen LogP contribution in [0.25, 0.3) is 0 Å². The highest BCUT2D eigenvalue weighted by Crippen LogP contribution is 2.25. The summed E-state index contributed by atoms with van der Waals surface area (Å²) in [4.78, 5) is 0. The predicted octanol–water partition coefficient (Wildman–Crippen LogP) is -1.07. The molecule has 4 nitrogen and oxygen atoms in total. The van der Waals surface area contributed by atoms with Gasteiger partial charge >= 0.3 is 0 Å². The zero-order valence-corrected chi connectivity index (χ0v) is 7.07. The van der Waals surface area contributed by atoms with Crippen LogP contribution in [0.3, 0.4) is 0 Å². The lowest BCUT2D eigenvalue weighted by molar-refractivity contribution is 0.0307. The lowest BCUT2D eigenvalue weighted by Gasteiger charge is -2.41. The zero-order chi connectivity index (χ0) is 8.70. The molecule has 1 heterocycles. The Labute approximate surface area is 65.2 Å². The Morgan fingerprint density at radius 3 is 2.36 bits per heavy atom. The number of nitrogens with zero attached hydrogens (tertiary/aromatic N) is 1. The first kappa shape index (κ1) is 8.89. The maximum Gasteiger partial charge on any atom is 0.211 e. The molecule has 0 saturated carbocycles. The molecule has 2 N–H and O–H groups in total. The normalized spacial score (nSPS) is 24.6. The lowest BCUT2D eigenvalue weighted by atomic mass is 10.0. The second kappa shape index (κ2) is 2.40. The summed E-state index contributed by atoms with van der Waals surface area (Å²) in [5.74, 6) is 0. The summed E-state index contributed by atoms with van der Waals surface area (Å²) >= 11 is 0. The van der Waals surface area contributed by atoms with Crippen LogP contribution in [0.1, 0.15) is 0 Å². The third kappa shape index (κ3) is 1.69. The quantitative estimate of drug-likeness (QED) is 0.591. The minimum atomic E-state index is -3.21. The first-order chi connectivity index (χ1) is 4.87. The third-order valence-corrected chi connectivity index (χ3v) is 2.95. The summed E-state index contributed by atoms with van der Waals surface area (Å²) in [7, 11) is -3.21. The first-order valence-electron chi connectivity index (χ1n) is 3.21. The van der Waals surface area contributed by atoms with Gasteiger partial charge in [0.25, 0.3) is 0 Å². The molecule has 0 aromatic carbocycles. The van der Waals surface area contributed by atoms with E-state index < -0.39 is 15.7 Å². The van der Waals surface area contributed by atoms with Gasteiger partial charge in [-0.1, -0.05) is 0 Å². The molecule has 0 radical (unpaired) electrons. The highest BCUT2D eigenvalue weighted by molar-refractivity contribution is 7.88. The number of rotatable bonds is 2. The molecule has 0 unspecified atom stereocenters. The molecule has 66 valence electrons. The first-order valence-corrected chi connectivity index (χ1v) is 5.06. The molecular weight excluding hydrogens is 171 g/mol. The summed E-state index contributed by atoms with van der Waals surface area (Å²) in [5.41, 5.74) is 3.59. The van der Waals surface area contributed by atoms with Gasteiger partial charge in [-0.25, -0.2) is 12.8 Å². The van der Waals surface area contributed by atoms with E-state index in [0.717, 1.165) is 10.6 Å². The Hall–Kier alpha value is -0.200. The summed E-state index contributed by atoms with van der Waals surface area (Å²) in [6.07, 6.45) is 1.06. The second-order valence-corrected chi connectivity index (χ2v) is 4.87. The maximum absolute atomic E-state index is 13.0. The Bertz CT molecular complexity index is 245. The molecule has 0 aliphatic carbocycles. The van der Waals surface area contributed by atoms with Gasteiger partial charge in [-0.2, -0.15) is 4.31 Å². The minimum absolute atomic E-state index is 0.0949. The fraction of sp³-hybridized carbons (Fsp3) is 1.00. The smallest absolute Gasteiger partial charge is 0.211 e. The highest BCUT2D eigenvalue weighted by atomic mass is 32.2. The molecule has 1 saturated heterocycles. The molecule has 0 atom stereocenters. The number of hydrogen-bond acceptors (Lipinski definition) is 3. The Kier molecular flexibility index (Phi) is 1.94. The van der Waals surface area contributed by atoms with E-state index in [0.29, 0.717) is 0 Å². The van der Waals surface area contributed by atoms with Gasteiger partial charge < -0.3 is 5.73 Å². The van der Waals surface area contributed by atoms with Gasteiger partial charge in [0, 0.05) is 6.54 Å². The molecule has 1 aliphatic rings. The van der Waals surface area contributed by atoms with Crippen molar-refractivity contribution in [2.75, 3.05) is 25.9 Å². The molecule has 0 spiro atoms. The minimum Gasteiger partial charge on any atom is -0.327 e. The zero-order valence-electron chi connectivity index (χ0n) is 6.25. The molecular formula is C5H11FN2O2S. The molecule has 0 amide bonds.